The van der Waals surface area contributed by atoms with E-state index in [1.54, 1.807) is 0 Å². The molecule has 0 radical (unpaired) electrons. The summed E-state index contributed by atoms with van der Waals surface area (Å²) in [5.41, 5.74) is -0.325. The van der Waals surface area contributed by atoms with E-state index in [9.17, 15) is 4.79 Å². The molecule has 1 saturated heterocycles. The summed E-state index contributed by atoms with van der Waals surface area (Å²) in [5, 5.41) is 14.4. The van der Waals surface area contributed by atoms with E-state index in [0.29, 0.717) is 13.1 Å². The molecule has 0 spiro atoms. The van der Waals surface area contributed by atoms with Crippen LogP contribution in [0.5, 0.6) is 0 Å². The van der Waals surface area contributed by atoms with Crippen LogP contribution in [-0.4, -0.2) is 36.2 Å². The van der Waals surface area contributed by atoms with Crippen LogP contribution in [0.2, 0.25) is 0 Å². The maximum Gasteiger partial charge on any atom is 0.234 e. The molecule has 1 heterocycles. The van der Waals surface area contributed by atoms with Gasteiger partial charge in [0.25, 0.3) is 0 Å². The van der Waals surface area contributed by atoms with E-state index in [2.05, 4.69) is 10.6 Å². The van der Waals surface area contributed by atoms with Gasteiger partial charge in [0.05, 0.1) is 18.7 Å². The number of carbonyl (C=O) groups is 1. The second-order valence-corrected chi connectivity index (χ2v) is 2.85. The fourth-order valence-corrected chi connectivity index (χ4v) is 0.824. The predicted molar refractivity (Wildman–Crippen MR) is 36.5 cm³/mol. The van der Waals surface area contributed by atoms with E-state index >= 15 is 0 Å². The number of carbonyl (C=O) groups excluding carboxylic acids is 1. The second kappa shape index (κ2) is 2.56. The molecule has 58 valence electrons. The third kappa shape index (κ3) is 1.46. The van der Waals surface area contributed by atoms with Crippen LogP contribution in [0.4, 0.5) is 0 Å². The maximum atomic E-state index is 10.6. The molecule has 1 atom stereocenters. The van der Waals surface area contributed by atoms with Crippen molar-refractivity contribution in [3.05, 3.63) is 0 Å². The molecule has 0 aromatic carbocycles. The van der Waals surface area contributed by atoms with Gasteiger partial charge >= 0.3 is 0 Å². The number of aliphatic hydroxyl groups is 1. The molecule has 0 aromatic heterocycles. The van der Waals surface area contributed by atoms with Crippen molar-refractivity contribution < 1.29 is 9.90 Å². The lowest BCUT2D eigenvalue weighted by Gasteiger charge is -2.32. The average Bonchev–Trinajstić information content (AvgIpc) is 1.96. The van der Waals surface area contributed by atoms with Crippen molar-refractivity contribution in [2.75, 3.05) is 19.7 Å². The van der Waals surface area contributed by atoms with E-state index in [4.69, 9.17) is 5.11 Å². The minimum absolute atomic E-state index is 0.00840. The van der Waals surface area contributed by atoms with Gasteiger partial charge in [0.2, 0.25) is 5.91 Å². The number of hydrogen-bond acceptors (Lipinski definition) is 3. The van der Waals surface area contributed by atoms with Gasteiger partial charge < -0.3 is 10.4 Å². The highest BCUT2D eigenvalue weighted by Crippen LogP contribution is 2.02. The zero-order valence-electron chi connectivity index (χ0n) is 5.98. The van der Waals surface area contributed by atoms with E-state index < -0.39 is 0 Å². The Morgan fingerprint density at radius 3 is 2.90 bits per heavy atom. The Labute approximate surface area is 59.6 Å². The smallest absolute Gasteiger partial charge is 0.234 e. The zero-order valence-corrected chi connectivity index (χ0v) is 5.98. The number of aliphatic hydroxyl groups excluding tert-OH is 1. The standard InChI is InChI=1S/C6H12N2O2/c1-6(4-9)3-7-5(10)2-8-6/h8-9H,2-4H2,1H3,(H,7,10). The first-order valence-corrected chi connectivity index (χ1v) is 3.29. The Balaban J connectivity index is 2.46. The van der Waals surface area contributed by atoms with Crippen molar-refractivity contribution in [3.8, 4) is 0 Å². The SMILES string of the molecule is CC1(CO)CNC(=O)CN1. The molecule has 3 N–H and O–H groups in total. The lowest BCUT2D eigenvalue weighted by atomic mass is 10.0. The Bertz CT molecular complexity index is 137. The normalized spacial score (nSPS) is 33.6. The highest BCUT2D eigenvalue weighted by Gasteiger charge is 2.27. The quantitative estimate of drug-likeness (QED) is 0.418. The van der Waals surface area contributed by atoms with Crippen LogP contribution < -0.4 is 10.6 Å². The topological polar surface area (TPSA) is 61.4 Å². The van der Waals surface area contributed by atoms with Crippen molar-refractivity contribution in [1.29, 1.82) is 0 Å². The fraction of sp³-hybridized carbons (Fsp3) is 0.833. The van der Waals surface area contributed by atoms with Crippen LogP contribution >= 0.6 is 0 Å². The van der Waals surface area contributed by atoms with Crippen molar-refractivity contribution in [2.45, 2.75) is 12.5 Å². The summed E-state index contributed by atoms with van der Waals surface area (Å²) in [6.07, 6.45) is 0. The van der Waals surface area contributed by atoms with Gasteiger partial charge in [-0.1, -0.05) is 0 Å². The van der Waals surface area contributed by atoms with Gasteiger partial charge in [-0.25, -0.2) is 0 Å². The molecule has 1 unspecified atom stereocenters. The Hall–Kier alpha value is -0.610. The van der Waals surface area contributed by atoms with Gasteiger partial charge in [0, 0.05) is 6.54 Å². The first-order chi connectivity index (χ1) is 4.66. The summed E-state index contributed by atoms with van der Waals surface area (Å²) in [6.45, 7) is 2.72. The molecular formula is C6H12N2O2. The Morgan fingerprint density at radius 2 is 2.50 bits per heavy atom. The van der Waals surface area contributed by atoms with Gasteiger partial charge in [0.1, 0.15) is 0 Å². The maximum absolute atomic E-state index is 10.6. The molecule has 1 aliphatic rings. The average molecular weight is 144 g/mol. The van der Waals surface area contributed by atoms with Crippen LogP contribution in [0.15, 0.2) is 0 Å². The predicted octanol–water partition coefficient (Wildman–Crippen LogP) is -1.54. The summed E-state index contributed by atoms with van der Waals surface area (Å²) in [6, 6.07) is 0. The second-order valence-electron chi connectivity index (χ2n) is 2.85. The van der Waals surface area contributed by atoms with Crippen molar-refractivity contribution in [2.24, 2.45) is 0 Å². The van der Waals surface area contributed by atoms with Crippen LogP contribution in [0.3, 0.4) is 0 Å². The van der Waals surface area contributed by atoms with Crippen LogP contribution in [0, 0.1) is 0 Å². The lowest BCUT2D eigenvalue weighted by molar-refractivity contribution is -0.122. The third-order valence-corrected chi connectivity index (χ3v) is 1.70. The molecule has 1 aliphatic heterocycles. The minimum Gasteiger partial charge on any atom is -0.394 e. The summed E-state index contributed by atoms with van der Waals surface area (Å²) >= 11 is 0. The Kier molecular flexibility index (Phi) is 1.92. The summed E-state index contributed by atoms with van der Waals surface area (Å²) < 4.78 is 0. The lowest BCUT2D eigenvalue weighted by Crippen LogP contribution is -2.61. The van der Waals surface area contributed by atoms with Crippen molar-refractivity contribution >= 4 is 5.91 Å². The minimum atomic E-state index is -0.325. The summed E-state index contributed by atoms with van der Waals surface area (Å²) in [5.74, 6) is -0.00840. The summed E-state index contributed by atoms with van der Waals surface area (Å²) in [4.78, 5) is 10.6. The van der Waals surface area contributed by atoms with Gasteiger partial charge in [-0.3, -0.25) is 10.1 Å². The first-order valence-electron chi connectivity index (χ1n) is 3.29. The first kappa shape index (κ1) is 7.50. The highest BCUT2D eigenvalue weighted by atomic mass is 16.3. The van der Waals surface area contributed by atoms with Gasteiger partial charge in [-0.05, 0) is 6.92 Å². The molecule has 0 saturated carbocycles. The number of piperazine rings is 1. The fourth-order valence-electron chi connectivity index (χ4n) is 0.824. The number of hydrogen-bond donors (Lipinski definition) is 3. The number of rotatable bonds is 1. The zero-order chi connectivity index (χ0) is 7.61. The third-order valence-electron chi connectivity index (χ3n) is 1.70. The Morgan fingerprint density at radius 1 is 1.80 bits per heavy atom. The van der Waals surface area contributed by atoms with Crippen LogP contribution in [0.25, 0.3) is 0 Å². The highest BCUT2D eigenvalue weighted by molar-refractivity contribution is 5.79. The van der Waals surface area contributed by atoms with Crippen LogP contribution in [0.1, 0.15) is 6.92 Å². The molecule has 1 amide bonds. The van der Waals surface area contributed by atoms with E-state index in [-0.39, 0.29) is 18.1 Å². The molecule has 10 heavy (non-hydrogen) atoms. The summed E-state index contributed by atoms with van der Waals surface area (Å²) in [7, 11) is 0. The molecule has 1 rings (SSSR count). The number of amides is 1. The molecule has 0 aliphatic carbocycles. The van der Waals surface area contributed by atoms with E-state index in [0.717, 1.165) is 0 Å². The van der Waals surface area contributed by atoms with Gasteiger partial charge in [0.15, 0.2) is 0 Å². The largest absolute Gasteiger partial charge is 0.394 e. The van der Waals surface area contributed by atoms with Gasteiger partial charge in [-0.15, -0.1) is 0 Å². The van der Waals surface area contributed by atoms with Crippen molar-refractivity contribution in [1.82, 2.24) is 10.6 Å². The number of nitrogens with one attached hydrogen (secondary N) is 2. The molecule has 0 aromatic rings. The van der Waals surface area contributed by atoms with Crippen LogP contribution in [-0.2, 0) is 4.79 Å². The van der Waals surface area contributed by atoms with Gasteiger partial charge in [-0.2, -0.15) is 0 Å². The molecular weight excluding hydrogens is 132 g/mol. The molecule has 4 heteroatoms. The van der Waals surface area contributed by atoms with Crippen molar-refractivity contribution in [3.63, 3.8) is 0 Å². The molecule has 1 fully saturated rings. The molecule has 4 nitrogen and oxygen atoms in total. The monoisotopic (exact) mass is 144 g/mol. The van der Waals surface area contributed by atoms with E-state index in [1.807, 2.05) is 6.92 Å². The molecule has 0 bridgehead atoms. The van der Waals surface area contributed by atoms with E-state index in [1.165, 1.54) is 0 Å².